The van der Waals surface area contributed by atoms with Gasteiger partial charge in [-0.1, -0.05) is 6.92 Å². The molecule has 2 aromatic heterocycles. The third-order valence-corrected chi connectivity index (χ3v) is 3.16. The van der Waals surface area contributed by atoms with Crippen molar-refractivity contribution in [1.82, 2.24) is 20.0 Å². The Labute approximate surface area is 116 Å². The van der Waals surface area contributed by atoms with Crippen molar-refractivity contribution in [2.75, 3.05) is 5.32 Å². The van der Waals surface area contributed by atoms with E-state index in [2.05, 4.69) is 20.6 Å². The van der Waals surface area contributed by atoms with Gasteiger partial charge in [0.1, 0.15) is 5.56 Å². The van der Waals surface area contributed by atoms with E-state index in [1.165, 1.54) is 0 Å². The lowest BCUT2D eigenvalue weighted by molar-refractivity contribution is 0.0696. The standard InChI is InChI=1S/C13H17N5O2/c1-5-9-10(6-18(4)17-9)14-12-11(13(19)20)7(2)8(3)15-16-12/h6H,5H2,1-4H3,(H,14,16)(H,19,20). The highest BCUT2D eigenvalue weighted by molar-refractivity contribution is 5.95. The van der Waals surface area contributed by atoms with Crippen LogP contribution in [0.2, 0.25) is 0 Å². The van der Waals surface area contributed by atoms with Crippen LogP contribution in [0.15, 0.2) is 6.20 Å². The van der Waals surface area contributed by atoms with E-state index in [-0.39, 0.29) is 11.4 Å². The SMILES string of the molecule is CCc1nn(C)cc1Nc1nnc(C)c(C)c1C(=O)O. The molecule has 0 amide bonds. The third-order valence-electron chi connectivity index (χ3n) is 3.16. The lowest BCUT2D eigenvalue weighted by Crippen LogP contribution is -2.11. The number of anilines is 2. The Morgan fingerprint density at radius 2 is 2.10 bits per heavy atom. The first-order valence-corrected chi connectivity index (χ1v) is 6.30. The summed E-state index contributed by atoms with van der Waals surface area (Å²) in [6.45, 7) is 5.44. The first-order chi connectivity index (χ1) is 9.43. The third kappa shape index (κ3) is 2.47. The quantitative estimate of drug-likeness (QED) is 0.884. The van der Waals surface area contributed by atoms with Gasteiger partial charge in [0, 0.05) is 13.2 Å². The first-order valence-electron chi connectivity index (χ1n) is 6.30. The fourth-order valence-corrected chi connectivity index (χ4v) is 1.99. The summed E-state index contributed by atoms with van der Waals surface area (Å²) in [4.78, 5) is 11.4. The van der Waals surface area contributed by atoms with Gasteiger partial charge in [-0.2, -0.15) is 10.2 Å². The van der Waals surface area contributed by atoms with Crippen molar-refractivity contribution in [3.05, 3.63) is 28.7 Å². The highest BCUT2D eigenvalue weighted by Crippen LogP contribution is 2.24. The van der Waals surface area contributed by atoms with Crippen LogP contribution in [0.5, 0.6) is 0 Å². The minimum absolute atomic E-state index is 0.142. The van der Waals surface area contributed by atoms with E-state index in [9.17, 15) is 9.90 Å². The summed E-state index contributed by atoms with van der Waals surface area (Å²) < 4.78 is 1.68. The van der Waals surface area contributed by atoms with Gasteiger partial charge >= 0.3 is 5.97 Å². The van der Waals surface area contributed by atoms with Crippen molar-refractivity contribution in [3.63, 3.8) is 0 Å². The van der Waals surface area contributed by atoms with Gasteiger partial charge in [-0.15, -0.1) is 5.10 Å². The van der Waals surface area contributed by atoms with Crippen LogP contribution >= 0.6 is 0 Å². The Morgan fingerprint density at radius 3 is 2.70 bits per heavy atom. The molecule has 20 heavy (non-hydrogen) atoms. The van der Waals surface area contributed by atoms with Crippen LogP contribution in [0.3, 0.4) is 0 Å². The van der Waals surface area contributed by atoms with Crippen molar-refractivity contribution in [3.8, 4) is 0 Å². The number of hydrogen-bond acceptors (Lipinski definition) is 5. The molecule has 106 valence electrons. The van der Waals surface area contributed by atoms with Crippen LogP contribution in [0, 0.1) is 13.8 Å². The Bertz CT molecular complexity index is 663. The second-order valence-electron chi connectivity index (χ2n) is 4.58. The molecule has 2 rings (SSSR count). The summed E-state index contributed by atoms with van der Waals surface area (Å²) >= 11 is 0. The number of rotatable bonds is 4. The molecule has 0 aromatic carbocycles. The van der Waals surface area contributed by atoms with Crippen LogP contribution in [0.4, 0.5) is 11.5 Å². The van der Waals surface area contributed by atoms with Gasteiger partial charge in [-0.05, 0) is 25.8 Å². The fourth-order valence-electron chi connectivity index (χ4n) is 1.99. The van der Waals surface area contributed by atoms with Gasteiger partial charge in [0.05, 0.1) is 17.1 Å². The monoisotopic (exact) mass is 275 g/mol. The van der Waals surface area contributed by atoms with E-state index in [0.717, 1.165) is 17.8 Å². The van der Waals surface area contributed by atoms with Crippen molar-refractivity contribution >= 4 is 17.5 Å². The van der Waals surface area contributed by atoms with Gasteiger partial charge < -0.3 is 10.4 Å². The summed E-state index contributed by atoms with van der Waals surface area (Å²) in [6, 6.07) is 0. The predicted molar refractivity (Wildman–Crippen MR) is 74.3 cm³/mol. The molecular formula is C13H17N5O2. The van der Waals surface area contributed by atoms with Crippen molar-refractivity contribution in [2.45, 2.75) is 27.2 Å². The normalized spacial score (nSPS) is 10.6. The average Bonchev–Trinajstić information content (AvgIpc) is 2.73. The molecule has 2 heterocycles. The Morgan fingerprint density at radius 1 is 1.40 bits per heavy atom. The first kappa shape index (κ1) is 14.0. The van der Waals surface area contributed by atoms with E-state index in [1.807, 2.05) is 14.0 Å². The lowest BCUT2D eigenvalue weighted by Gasteiger charge is -2.10. The molecule has 7 nitrogen and oxygen atoms in total. The summed E-state index contributed by atoms with van der Waals surface area (Å²) in [5, 5.41) is 24.6. The van der Waals surface area contributed by atoms with Gasteiger partial charge in [-0.25, -0.2) is 4.79 Å². The maximum atomic E-state index is 11.4. The highest BCUT2D eigenvalue weighted by Gasteiger charge is 2.19. The van der Waals surface area contributed by atoms with E-state index in [4.69, 9.17) is 0 Å². The van der Waals surface area contributed by atoms with Crippen LogP contribution in [0.25, 0.3) is 0 Å². The summed E-state index contributed by atoms with van der Waals surface area (Å²) in [6.07, 6.45) is 2.53. The zero-order valence-electron chi connectivity index (χ0n) is 11.9. The predicted octanol–water partition coefficient (Wildman–Crippen LogP) is 1.83. The molecule has 0 saturated carbocycles. The number of carboxylic acid groups (broad SMARTS) is 1. The average molecular weight is 275 g/mol. The number of aromatic nitrogens is 4. The van der Waals surface area contributed by atoms with E-state index >= 15 is 0 Å². The summed E-state index contributed by atoms with van der Waals surface area (Å²) in [5.41, 5.74) is 2.95. The number of aryl methyl sites for hydroxylation is 3. The zero-order valence-corrected chi connectivity index (χ0v) is 11.9. The van der Waals surface area contributed by atoms with Crippen LogP contribution in [-0.4, -0.2) is 31.1 Å². The number of nitrogens with one attached hydrogen (secondary N) is 1. The number of nitrogens with zero attached hydrogens (tertiary/aromatic N) is 4. The number of aromatic carboxylic acids is 1. The van der Waals surface area contributed by atoms with Gasteiger partial charge in [-0.3, -0.25) is 4.68 Å². The molecule has 0 fully saturated rings. The molecule has 2 N–H and O–H groups in total. The second-order valence-corrected chi connectivity index (χ2v) is 4.58. The molecule has 0 bridgehead atoms. The fraction of sp³-hybridized carbons (Fsp3) is 0.385. The van der Waals surface area contributed by atoms with Crippen LogP contribution < -0.4 is 5.32 Å². The van der Waals surface area contributed by atoms with Crippen molar-refractivity contribution in [2.24, 2.45) is 7.05 Å². The van der Waals surface area contributed by atoms with E-state index in [1.54, 1.807) is 24.7 Å². The molecule has 0 saturated heterocycles. The molecular weight excluding hydrogens is 258 g/mol. The molecule has 0 aliphatic heterocycles. The summed E-state index contributed by atoms with van der Waals surface area (Å²) in [5.74, 6) is -0.784. The number of hydrogen-bond donors (Lipinski definition) is 2. The molecule has 2 aromatic rings. The maximum Gasteiger partial charge on any atom is 0.339 e. The Hall–Kier alpha value is -2.44. The molecule has 0 aliphatic carbocycles. The number of carbonyl (C=O) groups is 1. The van der Waals surface area contributed by atoms with E-state index < -0.39 is 5.97 Å². The minimum atomic E-state index is -1.02. The largest absolute Gasteiger partial charge is 0.478 e. The van der Waals surface area contributed by atoms with Crippen molar-refractivity contribution in [1.29, 1.82) is 0 Å². The van der Waals surface area contributed by atoms with Crippen molar-refractivity contribution < 1.29 is 9.90 Å². The molecule has 0 atom stereocenters. The maximum absolute atomic E-state index is 11.4. The number of carboxylic acids is 1. The van der Waals surface area contributed by atoms with Crippen LogP contribution in [0.1, 0.15) is 34.2 Å². The zero-order chi connectivity index (χ0) is 14.9. The smallest absolute Gasteiger partial charge is 0.339 e. The lowest BCUT2D eigenvalue weighted by atomic mass is 10.1. The second kappa shape index (κ2) is 5.28. The molecule has 0 spiro atoms. The minimum Gasteiger partial charge on any atom is -0.478 e. The van der Waals surface area contributed by atoms with E-state index in [0.29, 0.717) is 11.3 Å². The Kier molecular flexibility index (Phi) is 3.69. The Balaban J connectivity index is 2.48. The van der Waals surface area contributed by atoms with Gasteiger partial charge in [0.25, 0.3) is 0 Å². The molecule has 0 radical (unpaired) electrons. The molecule has 0 unspecified atom stereocenters. The summed E-state index contributed by atoms with van der Waals surface area (Å²) in [7, 11) is 1.81. The molecule has 0 aliphatic rings. The topological polar surface area (TPSA) is 92.9 Å². The molecule has 7 heteroatoms. The van der Waals surface area contributed by atoms with Gasteiger partial charge in [0.2, 0.25) is 0 Å². The van der Waals surface area contributed by atoms with Gasteiger partial charge in [0.15, 0.2) is 5.82 Å². The van der Waals surface area contributed by atoms with Crippen LogP contribution in [-0.2, 0) is 13.5 Å². The highest BCUT2D eigenvalue weighted by atomic mass is 16.4.